The van der Waals surface area contributed by atoms with Gasteiger partial charge in [0.1, 0.15) is 0 Å². The van der Waals surface area contributed by atoms with E-state index in [9.17, 15) is 18.0 Å². The zero-order chi connectivity index (χ0) is 10.9. The Morgan fingerprint density at radius 1 is 1.50 bits per heavy atom. The van der Waals surface area contributed by atoms with Gasteiger partial charge in [-0.05, 0) is 0 Å². The van der Waals surface area contributed by atoms with Gasteiger partial charge in [0.25, 0.3) is 5.12 Å². The van der Waals surface area contributed by atoms with E-state index in [1.54, 1.807) is 0 Å². The number of rotatable bonds is 2. The van der Waals surface area contributed by atoms with Gasteiger partial charge in [-0.15, -0.1) is 0 Å². The Bertz CT molecular complexity index is 484. The van der Waals surface area contributed by atoms with Gasteiger partial charge in [0.05, 0.1) is 0 Å². The van der Waals surface area contributed by atoms with Crippen LogP contribution in [0.4, 0.5) is 0 Å². The van der Waals surface area contributed by atoms with Crippen LogP contribution in [-0.2, 0) is 9.84 Å². The number of nitrogens with zero attached hydrogens (tertiary/aromatic N) is 1. The van der Waals surface area contributed by atoms with Crippen LogP contribution in [0.2, 0.25) is 0 Å². The zero-order valence-electron chi connectivity index (χ0n) is 6.92. The Hall–Kier alpha value is -1.70. The largest absolute Gasteiger partial charge is 0.475 e. The minimum absolute atomic E-state index is 0.537. The van der Waals surface area contributed by atoms with E-state index in [4.69, 9.17) is 5.11 Å². The van der Waals surface area contributed by atoms with Crippen LogP contribution >= 0.6 is 0 Å². The van der Waals surface area contributed by atoms with Crippen molar-refractivity contribution >= 4 is 20.9 Å². The van der Waals surface area contributed by atoms with Crippen molar-refractivity contribution < 1.29 is 27.6 Å². The molecule has 1 aromatic heterocycles. The highest BCUT2D eigenvalue weighted by atomic mass is 32.2. The van der Waals surface area contributed by atoms with Crippen LogP contribution in [-0.4, -0.2) is 36.0 Å². The summed E-state index contributed by atoms with van der Waals surface area (Å²) in [5.74, 6) is -2.01. The molecule has 0 bridgehead atoms. The fraction of sp³-hybridized carbons (Fsp3) is 0.167. The highest BCUT2D eigenvalue weighted by Crippen LogP contribution is 2.06. The monoisotopic (exact) mass is 219 g/mol. The molecular weight excluding hydrogens is 214 g/mol. The van der Waals surface area contributed by atoms with Gasteiger partial charge in [-0.2, -0.15) is 0 Å². The van der Waals surface area contributed by atoms with Crippen molar-refractivity contribution in [3.8, 4) is 0 Å². The first kappa shape index (κ1) is 10.4. The first-order valence-corrected chi connectivity index (χ1v) is 5.16. The fourth-order valence-electron chi connectivity index (χ4n) is 0.662. The Morgan fingerprint density at radius 3 is 2.43 bits per heavy atom. The van der Waals surface area contributed by atoms with Crippen LogP contribution in [0.15, 0.2) is 10.6 Å². The van der Waals surface area contributed by atoms with Crippen molar-refractivity contribution in [2.75, 3.05) is 6.26 Å². The van der Waals surface area contributed by atoms with Crippen LogP contribution in [0.25, 0.3) is 0 Å². The maximum atomic E-state index is 11.0. The van der Waals surface area contributed by atoms with Crippen molar-refractivity contribution in [3.05, 3.63) is 17.5 Å². The number of carboxylic acids is 1. The van der Waals surface area contributed by atoms with E-state index in [1.165, 1.54) is 0 Å². The minimum atomic E-state index is -3.92. The third-order valence-corrected chi connectivity index (χ3v) is 2.15. The molecule has 0 radical (unpaired) electrons. The molecule has 14 heavy (non-hydrogen) atoms. The van der Waals surface area contributed by atoms with Crippen LogP contribution < -0.4 is 0 Å². The lowest BCUT2D eigenvalue weighted by atomic mass is 10.4. The molecule has 0 atom stereocenters. The lowest BCUT2D eigenvalue weighted by Crippen LogP contribution is -2.12. The van der Waals surface area contributed by atoms with Crippen molar-refractivity contribution in [1.29, 1.82) is 0 Å². The van der Waals surface area contributed by atoms with E-state index in [0.717, 1.165) is 6.07 Å². The van der Waals surface area contributed by atoms with E-state index in [2.05, 4.69) is 9.68 Å². The van der Waals surface area contributed by atoms with Crippen molar-refractivity contribution in [1.82, 2.24) is 5.16 Å². The van der Waals surface area contributed by atoms with E-state index >= 15 is 0 Å². The Labute approximate surface area is 78.2 Å². The maximum Gasteiger partial charge on any atom is 0.374 e. The number of carbonyl (C=O) groups is 2. The Morgan fingerprint density at radius 2 is 2.07 bits per heavy atom. The molecule has 1 heterocycles. The Balaban J connectivity index is 3.11. The quantitative estimate of drug-likeness (QED) is 0.716. The van der Waals surface area contributed by atoms with Gasteiger partial charge in [0.15, 0.2) is 5.69 Å². The minimum Gasteiger partial charge on any atom is -0.475 e. The summed E-state index contributed by atoms with van der Waals surface area (Å²) in [4.78, 5) is 21.3. The average molecular weight is 219 g/mol. The van der Waals surface area contributed by atoms with Gasteiger partial charge in [0.2, 0.25) is 15.6 Å². The summed E-state index contributed by atoms with van der Waals surface area (Å²) in [6, 6.07) is 0.756. The highest BCUT2D eigenvalue weighted by molar-refractivity contribution is 8.06. The molecule has 1 rings (SSSR count). The van der Waals surface area contributed by atoms with Crippen LogP contribution in [0.1, 0.15) is 21.0 Å². The molecule has 0 aliphatic heterocycles. The highest BCUT2D eigenvalue weighted by Gasteiger charge is 2.24. The van der Waals surface area contributed by atoms with Crippen LogP contribution in [0.3, 0.4) is 0 Å². The van der Waals surface area contributed by atoms with E-state index in [1.807, 2.05) is 0 Å². The number of carbonyl (C=O) groups excluding carboxylic acids is 1. The molecule has 0 aliphatic carbocycles. The lowest BCUT2D eigenvalue weighted by Gasteiger charge is -1.88. The summed E-state index contributed by atoms with van der Waals surface area (Å²) in [5.41, 5.74) is -0.537. The normalized spacial score (nSPS) is 11.2. The molecule has 0 aromatic carbocycles. The maximum absolute atomic E-state index is 11.0. The molecule has 1 N–H and O–H groups in total. The SMILES string of the molecule is CS(=O)(=O)C(=O)c1cc(C(=O)O)on1. The van der Waals surface area contributed by atoms with Gasteiger partial charge < -0.3 is 9.63 Å². The second-order valence-corrected chi connectivity index (χ2v) is 4.36. The van der Waals surface area contributed by atoms with Crippen molar-refractivity contribution in [2.45, 2.75) is 0 Å². The molecular formula is C6H5NO6S. The molecule has 1 aromatic rings. The number of sulfone groups is 1. The third kappa shape index (κ3) is 1.96. The number of hydrogen-bond donors (Lipinski definition) is 1. The summed E-state index contributed by atoms with van der Waals surface area (Å²) in [7, 11) is -3.92. The molecule has 0 saturated heterocycles. The van der Waals surface area contributed by atoms with Gasteiger partial charge in [0, 0.05) is 12.3 Å². The average Bonchev–Trinajstić information content (AvgIpc) is 2.48. The number of aromatic carboxylic acids is 1. The number of hydrogen-bond acceptors (Lipinski definition) is 6. The molecule has 0 spiro atoms. The van der Waals surface area contributed by atoms with Gasteiger partial charge in [-0.25, -0.2) is 13.2 Å². The summed E-state index contributed by atoms with van der Waals surface area (Å²) in [6.45, 7) is 0. The summed E-state index contributed by atoms with van der Waals surface area (Å²) in [6.07, 6.45) is 0.699. The van der Waals surface area contributed by atoms with Gasteiger partial charge in [-0.3, -0.25) is 4.79 Å². The predicted molar refractivity (Wildman–Crippen MR) is 42.6 cm³/mol. The second kappa shape index (κ2) is 3.22. The van der Waals surface area contributed by atoms with Gasteiger partial charge >= 0.3 is 5.97 Å². The predicted octanol–water partition coefficient (Wildman–Crippen LogP) is -0.442. The van der Waals surface area contributed by atoms with E-state index in [0.29, 0.717) is 6.26 Å². The lowest BCUT2D eigenvalue weighted by molar-refractivity contribution is 0.0651. The standard InChI is InChI=1S/C6H5NO6S/c1-14(11,12)6(10)3-2-4(5(8)9)13-7-3/h2H,1H3,(H,8,9). The van der Waals surface area contributed by atoms with Crippen molar-refractivity contribution in [2.24, 2.45) is 0 Å². The molecule has 0 amide bonds. The molecule has 76 valence electrons. The molecule has 7 nitrogen and oxygen atoms in total. The smallest absolute Gasteiger partial charge is 0.374 e. The Kier molecular flexibility index (Phi) is 2.39. The molecule has 8 heteroatoms. The topological polar surface area (TPSA) is 115 Å². The van der Waals surface area contributed by atoms with Crippen LogP contribution in [0, 0.1) is 0 Å². The summed E-state index contributed by atoms with van der Waals surface area (Å²) in [5, 5.41) is 10.1. The summed E-state index contributed by atoms with van der Waals surface area (Å²) < 4.78 is 25.7. The molecule has 0 saturated carbocycles. The van der Waals surface area contributed by atoms with E-state index in [-0.39, 0.29) is 0 Å². The van der Waals surface area contributed by atoms with Crippen LogP contribution in [0.5, 0.6) is 0 Å². The second-order valence-electron chi connectivity index (χ2n) is 2.44. The first-order chi connectivity index (χ1) is 6.32. The van der Waals surface area contributed by atoms with E-state index < -0.39 is 32.4 Å². The molecule has 0 unspecified atom stereocenters. The molecule has 0 aliphatic rings. The third-order valence-electron chi connectivity index (χ3n) is 1.27. The zero-order valence-corrected chi connectivity index (χ0v) is 7.74. The fourth-order valence-corrected chi connectivity index (χ4v) is 1.14. The summed E-state index contributed by atoms with van der Waals surface area (Å²) >= 11 is 0. The first-order valence-electron chi connectivity index (χ1n) is 3.27. The molecule has 0 fully saturated rings. The van der Waals surface area contributed by atoms with Gasteiger partial charge in [-0.1, -0.05) is 5.16 Å². The number of carboxylic acid groups (broad SMARTS) is 1. The number of aromatic nitrogens is 1. The van der Waals surface area contributed by atoms with Crippen molar-refractivity contribution in [3.63, 3.8) is 0 Å².